The fraction of sp³-hybridized carbons (Fsp3) is 0.562. The Morgan fingerprint density at radius 3 is 2.26 bits per heavy atom. The highest BCUT2D eigenvalue weighted by molar-refractivity contribution is 7.99. The van der Waals surface area contributed by atoms with E-state index in [1.807, 2.05) is 11.0 Å². The topological polar surface area (TPSA) is 52.7 Å². The predicted molar refractivity (Wildman–Crippen MR) is 161 cm³/mol. The maximum atomic E-state index is 13.8. The van der Waals surface area contributed by atoms with Gasteiger partial charge in [-0.3, -0.25) is 14.5 Å². The number of carbonyl (C=O) groups excluding carboxylic acids is 2. The Morgan fingerprint density at radius 1 is 0.923 bits per heavy atom. The molecule has 2 amide bonds. The molecule has 39 heavy (non-hydrogen) atoms. The summed E-state index contributed by atoms with van der Waals surface area (Å²) < 4.78 is 0. The van der Waals surface area contributed by atoms with Gasteiger partial charge in [0.05, 0.1) is 0 Å². The van der Waals surface area contributed by atoms with Gasteiger partial charge in [-0.15, -0.1) is 12.4 Å². The average Bonchev–Trinajstić information content (AvgIpc) is 2.95. The Bertz CT molecular complexity index is 1070. The quantitative estimate of drug-likeness (QED) is 0.365. The zero-order chi connectivity index (χ0) is 26.4. The summed E-state index contributed by atoms with van der Waals surface area (Å²) in [6, 6.07) is 19.0. The number of halogens is 1. The van der Waals surface area contributed by atoms with Gasteiger partial charge in [0.25, 0.3) is 0 Å². The van der Waals surface area contributed by atoms with Gasteiger partial charge in [-0.2, -0.15) is 0 Å². The molecule has 1 aliphatic carbocycles. The number of hydrogen-bond donors (Lipinski definition) is 1. The fourth-order valence-electron chi connectivity index (χ4n) is 6.56. The number of likely N-dealkylation sites (tertiary alicyclic amines) is 1. The van der Waals surface area contributed by atoms with Crippen LogP contribution in [-0.2, 0) is 16.1 Å². The van der Waals surface area contributed by atoms with Gasteiger partial charge in [0.2, 0.25) is 11.8 Å². The summed E-state index contributed by atoms with van der Waals surface area (Å²) in [5.74, 6) is 0.832. The van der Waals surface area contributed by atoms with Crippen molar-refractivity contribution >= 4 is 36.0 Å². The molecule has 2 aliphatic heterocycles. The third-order valence-corrected chi connectivity index (χ3v) is 9.85. The maximum Gasteiger partial charge on any atom is 0.246 e. The molecule has 2 heterocycles. The molecule has 3 fully saturated rings. The molecule has 3 aliphatic rings. The second-order valence-corrected chi connectivity index (χ2v) is 12.6. The van der Waals surface area contributed by atoms with Gasteiger partial charge in [-0.1, -0.05) is 87.5 Å². The normalized spacial score (nSPS) is 22.0. The highest BCUT2D eigenvalue weighted by Gasteiger charge is 2.53. The van der Waals surface area contributed by atoms with Gasteiger partial charge < -0.3 is 10.2 Å². The first-order chi connectivity index (χ1) is 18.6. The number of nitrogens with one attached hydrogen (secondary N) is 1. The van der Waals surface area contributed by atoms with Gasteiger partial charge in [0.15, 0.2) is 0 Å². The van der Waals surface area contributed by atoms with E-state index in [0.29, 0.717) is 25.3 Å². The molecule has 2 saturated heterocycles. The number of benzene rings is 2. The van der Waals surface area contributed by atoms with Gasteiger partial charge >= 0.3 is 0 Å². The number of piperidine rings is 1. The third kappa shape index (κ3) is 7.20. The Hall–Kier alpha value is -2.02. The molecule has 2 aromatic carbocycles. The molecule has 5 nitrogen and oxygen atoms in total. The Morgan fingerprint density at radius 2 is 1.59 bits per heavy atom. The zero-order valence-corrected chi connectivity index (χ0v) is 24.9. The highest BCUT2D eigenvalue weighted by Crippen LogP contribution is 2.36. The minimum atomic E-state index is -0.679. The van der Waals surface area contributed by atoms with E-state index < -0.39 is 5.54 Å². The molecule has 0 aromatic heterocycles. The van der Waals surface area contributed by atoms with Gasteiger partial charge in [0, 0.05) is 36.0 Å². The van der Waals surface area contributed by atoms with Crippen LogP contribution in [0.2, 0.25) is 0 Å². The summed E-state index contributed by atoms with van der Waals surface area (Å²) in [5, 5.41) is 3.22. The average molecular weight is 570 g/mol. The Labute approximate surface area is 244 Å². The van der Waals surface area contributed by atoms with E-state index in [4.69, 9.17) is 0 Å². The molecule has 0 radical (unpaired) electrons. The summed E-state index contributed by atoms with van der Waals surface area (Å²) in [6.45, 7) is 5.40. The van der Waals surface area contributed by atoms with Crippen molar-refractivity contribution in [1.82, 2.24) is 15.1 Å². The minimum absolute atomic E-state index is 0. The fourth-order valence-corrected chi connectivity index (χ4v) is 7.39. The van der Waals surface area contributed by atoms with Crippen molar-refractivity contribution < 1.29 is 9.59 Å². The first-order valence-corrected chi connectivity index (χ1v) is 15.6. The second kappa shape index (κ2) is 14.0. The highest BCUT2D eigenvalue weighted by atomic mass is 35.5. The standard InChI is InChI=1S/C32H43N3O2S.ClH/c1-2-3-20-35-30(36)29(23-25-10-6-4-7-11-25)33-31(37)32(35)18-21-34(22-19-32)24-26-14-16-28(17-15-26)38-27-12-8-5-9-13-27;/h5,8-9,12-17,25,29H,2-4,6-7,10-11,18-24H2,1H3,(H,33,37);1H/t29-;/m0./s1. The van der Waals surface area contributed by atoms with Crippen LogP contribution in [0.15, 0.2) is 64.4 Å². The molecular weight excluding hydrogens is 526 g/mol. The first kappa shape index (κ1) is 30.0. The molecular formula is C32H44ClN3O2S. The Kier molecular flexibility index (Phi) is 10.8. The van der Waals surface area contributed by atoms with E-state index in [0.717, 1.165) is 38.9 Å². The van der Waals surface area contributed by atoms with Gasteiger partial charge in [-0.05, 0) is 61.4 Å². The van der Waals surface area contributed by atoms with Crippen LogP contribution < -0.4 is 5.32 Å². The number of hydrogen-bond acceptors (Lipinski definition) is 4. The zero-order valence-electron chi connectivity index (χ0n) is 23.3. The number of piperazine rings is 1. The largest absolute Gasteiger partial charge is 0.342 e. The van der Waals surface area contributed by atoms with Crippen LogP contribution in [0, 0.1) is 5.92 Å². The van der Waals surface area contributed by atoms with E-state index in [1.165, 1.54) is 47.5 Å². The van der Waals surface area contributed by atoms with Crippen LogP contribution in [0.25, 0.3) is 0 Å². The van der Waals surface area contributed by atoms with Crippen molar-refractivity contribution in [3.8, 4) is 0 Å². The second-order valence-electron chi connectivity index (χ2n) is 11.5. The summed E-state index contributed by atoms with van der Waals surface area (Å²) in [5.41, 5.74) is 0.611. The van der Waals surface area contributed by atoms with Crippen molar-refractivity contribution in [2.45, 2.75) is 99.0 Å². The minimum Gasteiger partial charge on any atom is -0.342 e. The molecule has 1 saturated carbocycles. The van der Waals surface area contributed by atoms with Crippen molar-refractivity contribution in [2.24, 2.45) is 5.92 Å². The first-order valence-electron chi connectivity index (χ1n) is 14.7. The molecule has 0 bridgehead atoms. The van der Waals surface area contributed by atoms with Crippen LogP contribution in [0.4, 0.5) is 0 Å². The number of unbranched alkanes of at least 4 members (excludes halogenated alkanes) is 1. The predicted octanol–water partition coefficient (Wildman–Crippen LogP) is 6.69. The Balaban J connectivity index is 0.00000353. The van der Waals surface area contributed by atoms with Crippen LogP contribution in [0.5, 0.6) is 0 Å². The van der Waals surface area contributed by atoms with Crippen molar-refractivity contribution in [3.63, 3.8) is 0 Å². The van der Waals surface area contributed by atoms with E-state index >= 15 is 0 Å². The van der Waals surface area contributed by atoms with Crippen molar-refractivity contribution in [3.05, 3.63) is 60.2 Å². The summed E-state index contributed by atoms with van der Waals surface area (Å²) in [4.78, 5) is 34.4. The molecule has 1 N–H and O–H groups in total. The lowest BCUT2D eigenvalue weighted by atomic mass is 9.79. The number of amides is 2. The third-order valence-electron chi connectivity index (χ3n) is 8.83. The lowest BCUT2D eigenvalue weighted by molar-refractivity contribution is -0.162. The molecule has 0 unspecified atom stereocenters. The van der Waals surface area contributed by atoms with Gasteiger partial charge in [-0.25, -0.2) is 0 Å². The van der Waals surface area contributed by atoms with Gasteiger partial charge in [0.1, 0.15) is 11.6 Å². The molecule has 7 heteroatoms. The van der Waals surface area contributed by atoms with E-state index in [1.54, 1.807) is 11.8 Å². The van der Waals surface area contributed by atoms with E-state index in [2.05, 4.69) is 65.7 Å². The molecule has 1 spiro atoms. The number of rotatable bonds is 9. The number of nitrogens with zero attached hydrogens (tertiary/aromatic N) is 2. The van der Waals surface area contributed by atoms with E-state index in [9.17, 15) is 9.59 Å². The van der Waals surface area contributed by atoms with Crippen LogP contribution in [-0.4, -0.2) is 52.8 Å². The molecule has 5 rings (SSSR count). The molecule has 212 valence electrons. The summed E-state index contributed by atoms with van der Waals surface area (Å²) in [7, 11) is 0. The summed E-state index contributed by atoms with van der Waals surface area (Å²) in [6.07, 6.45) is 10.4. The smallest absolute Gasteiger partial charge is 0.246 e. The monoisotopic (exact) mass is 569 g/mol. The molecule has 1 atom stereocenters. The van der Waals surface area contributed by atoms with Crippen molar-refractivity contribution in [1.29, 1.82) is 0 Å². The van der Waals surface area contributed by atoms with Crippen LogP contribution in [0.3, 0.4) is 0 Å². The SMILES string of the molecule is CCCCN1C(=O)[C@H](CC2CCCCC2)NC(=O)C12CCN(Cc1ccc(Sc3ccccc3)cc1)CC2.Cl. The molecule has 2 aromatic rings. The lowest BCUT2D eigenvalue weighted by Gasteiger charge is -2.52. The summed E-state index contributed by atoms with van der Waals surface area (Å²) >= 11 is 1.78. The number of carbonyl (C=O) groups is 2. The van der Waals surface area contributed by atoms with Crippen LogP contribution >= 0.6 is 24.2 Å². The lowest BCUT2D eigenvalue weighted by Crippen LogP contribution is -2.73. The van der Waals surface area contributed by atoms with Crippen LogP contribution in [0.1, 0.15) is 76.7 Å². The maximum absolute atomic E-state index is 13.8. The van der Waals surface area contributed by atoms with E-state index in [-0.39, 0.29) is 30.3 Å². The van der Waals surface area contributed by atoms with Crippen molar-refractivity contribution in [2.75, 3.05) is 19.6 Å².